The van der Waals surface area contributed by atoms with Gasteiger partial charge in [-0.3, -0.25) is 4.79 Å². The van der Waals surface area contributed by atoms with Gasteiger partial charge in [0.1, 0.15) is 6.04 Å². The van der Waals surface area contributed by atoms with E-state index in [4.69, 9.17) is 16.3 Å². The number of sulfonamides is 1. The molecule has 2 aromatic carbocycles. The van der Waals surface area contributed by atoms with E-state index >= 15 is 0 Å². The monoisotopic (exact) mass is 459 g/mol. The second-order valence-corrected chi connectivity index (χ2v) is 8.75. The second-order valence-electron chi connectivity index (χ2n) is 5.62. The molecule has 140 valence electrons. The molecule has 2 atom stereocenters. The molecule has 0 unspecified atom stereocenters. The molecule has 8 heteroatoms. The lowest BCUT2D eigenvalue weighted by molar-refractivity contribution is -0.145. The molecule has 0 saturated heterocycles. The summed E-state index contributed by atoms with van der Waals surface area (Å²) < 4.78 is 32.9. The van der Waals surface area contributed by atoms with E-state index in [1.54, 1.807) is 43.3 Å². The zero-order chi connectivity index (χ0) is 19.3. The van der Waals surface area contributed by atoms with Crippen molar-refractivity contribution in [2.24, 2.45) is 0 Å². The van der Waals surface area contributed by atoms with Crippen molar-refractivity contribution in [3.63, 3.8) is 0 Å². The number of benzene rings is 2. The van der Waals surface area contributed by atoms with Crippen LogP contribution in [0.3, 0.4) is 0 Å². The van der Waals surface area contributed by atoms with Crippen LogP contribution in [0.15, 0.2) is 53.4 Å². The van der Waals surface area contributed by atoms with Crippen LogP contribution in [0, 0.1) is 6.92 Å². The summed E-state index contributed by atoms with van der Waals surface area (Å²) in [6.45, 7) is 3.66. The van der Waals surface area contributed by atoms with Crippen molar-refractivity contribution in [2.75, 3.05) is 6.61 Å². The summed E-state index contributed by atoms with van der Waals surface area (Å²) >= 11 is 9.30. The fraction of sp³-hybridized carbons (Fsp3) is 0.278. The first-order chi connectivity index (χ1) is 12.2. The van der Waals surface area contributed by atoms with E-state index in [1.165, 1.54) is 12.1 Å². The minimum Gasteiger partial charge on any atom is -0.465 e. The third kappa shape index (κ3) is 5.30. The number of hydrogen-bond acceptors (Lipinski definition) is 4. The van der Waals surface area contributed by atoms with Crippen LogP contribution in [0.5, 0.6) is 0 Å². The van der Waals surface area contributed by atoms with Crippen molar-refractivity contribution >= 4 is 43.5 Å². The van der Waals surface area contributed by atoms with Crippen molar-refractivity contribution in [1.82, 2.24) is 4.72 Å². The lowest BCUT2D eigenvalue weighted by atomic mass is 10.1. The first-order valence-electron chi connectivity index (χ1n) is 7.89. The molecule has 2 rings (SSSR count). The average molecular weight is 461 g/mol. The van der Waals surface area contributed by atoms with Crippen molar-refractivity contribution in [1.29, 1.82) is 0 Å². The Morgan fingerprint density at radius 3 is 2.27 bits per heavy atom. The Balaban J connectivity index is 2.33. The quantitative estimate of drug-likeness (QED) is 0.501. The van der Waals surface area contributed by atoms with Crippen LogP contribution in [-0.2, 0) is 19.6 Å². The molecule has 2 aromatic rings. The Labute approximate surface area is 166 Å². The average Bonchev–Trinajstić information content (AvgIpc) is 2.60. The Morgan fingerprint density at radius 1 is 1.15 bits per heavy atom. The summed E-state index contributed by atoms with van der Waals surface area (Å²) in [5, 5.41) is 0.543. The van der Waals surface area contributed by atoms with Crippen molar-refractivity contribution < 1.29 is 17.9 Å². The molecule has 0 aliphatic carbocycles. The Bertz CT molecular complexity index is 854. The van der Waals surface area contributed by atoms with E-state index in [2.05, 4.69) is 20.7 Å². The summed E-state index contributed by atoms with van der Waals surface area (Å²) in [5.74, 6) is -0.667. The number of halogens is 2. The van der Waals surface area contributed by atoms with Gasteiger partial charge < -0.3 is 4.74 Å². The van der Waals surface area contributed by atoms with Crippen LogP contribution in [0.4, 0.5) is 0 Å². The number of hydrogen-bond donors (Lipinski definition) is 1. The second kappa shape index (κ2) is 8.99. The molecule has 0 bridgehead atoms. The van der Waals surface area contributed by atoms with E-state index in [0.29, 0.717) is 10.6 Å². The lowest BCUT2D eigenvalue weighted by Crippen LogP contribution is -2.44. The van der Waals surface area contributed by atoms with Crippen LogP contribution < -0.4 is 4.72 Å². The van der Waals surface area contributed by atoms with Crippen molar-refractivity contribution in [3.05, 3.63) is 64.7 Å². The maximum atomic E-state index is 12.7. The number of carbonyl (C=O) groups excluding carboxylic acids is 1. The Morgan fingerprint density at radius 2 is 1.73 bits per heavy atom. The van der Waals surface area contributed by atoms with E-state index in [-0.39, 0.29) is 11.5 Å². The largest absolute Gasteiger partial charge is 0.465 e. The number of alkyl halides is 1. The first kappa shape index (κ1) is 20.9. The van der Waals surface area contributed by atoms with Gasteiger partial charge in [-0.25, -0.2) is 8.42 Å². The van der Waals surface area contributed by atoms with Crippen molar-refractivity contribution in [3.8, 4) is 0 Å². The van der Waals surface area contributed by atoms with Gasteiger partial charge in [0.15, 0.2) is 0 Å². The van der Waals surface area contributed by atoms with Gasteiger partial charge in [-0.05, 0) is 43.7 Å². The van der Waals surface area contributed by atoms with E-state index in [0.717, 1.165) is 5.56 Å². The summed E-state index contributed by atoms with van der Waals surface area (Å²) in [7, 11) is -3.91. The molecule has 0 fully saturated rings. The molecule has 0 heterocycles. The third-order valence-corrected chi connectivity index (χ3v) is 6.40. The first-order valence-corrected chi connectivity index (χ1v) is 10.7. The molecule has 0 aliphatic heterocycles. The van der Waals surface area contributed by atoms with Gasteiger partial charge in [0.2, 0.25) is 10.0 Å². The predicted molar refractivity (Wildman–Crippen MR) is 105 cm³/mol. The number of nitrogens with one attached hydrogen (secondary N) is 1. The molecule has 0 aromatic heterocycles. The number of rotatable bonds is 7. The number of esters is 1. The van der Waals surface area contributed by atoms with E-state index in [1.807, 2.05) is 6.92 Å². The molecular formula is C18H19BrClNO4S. The van der Waals surface area contributed by atoms with Crippen LogP contribution in [-0.4, -0.2) is 27.0 Å². The molecule has 0 aliphatic rings. The van der Waals surface area contributed by atoms with Gasteiger partial charge >= 0.3 is 5.97 Å². The fourth-order valence-corrected chi connectivity index (χ4v) is 4.40. The van der Waals surface area contributed by atoms with Crippen LogP contribution >= 0.6 is 27.5 Å². The molecule has 0 amide bonds. The molecule has 5 nitrogen and oxygen atoms in total. The smallest absolute Gasteiger partial charge is 0.325 e. The zero-order valence-electron chi connectivity index (χ0n) is 14.3. The van der Waals surface area contributed by atoms with Crippen LogP contribution in [0.2, 0.25) is 5.02 Å². The molecule has 1 N–H and O–H groups in total. The summed E-state index contributed by atoms with van der Waals surface area (Å²) in [5.41, 5.74) is 1.63. The molecule has 0 spiro atoms. The van der Waals surface area contributed by atoms with Gasteiger partial charge in [0, 0.05) is 5.02 Å². The maximum Gasteiger partial charge on any atom is 0.325 e. The summed E-state index contributed by atoms with van der Waals surface area (Å²) in [4.78, 5) is 11.8. The Kier molecular flexibility index (Phi) is 7.23. The van der Waals surface area contributed by atoms with Gasteiger partial charge in [-0.15, -0.1) is 0 Å². The zero-order valence-corrected chi connectivity index (χ0v) is 17.4. The third-order valence-electron chi connectivity index (χ3n) is 3.64. The maximum absolute atomic E-state index is 12.7. The lowest BCUT2D eigenvalue weighted by Gasteiger charge is -2.22. The topological polar surface area (TPSA) is 72.5 Å². The molecule has 26 heavy (non-hydrogen) atoms. The Hall–Kier alpha value is -1.41. The van der Waals surface area contributed by atoms with Crippen LogP contribution in [0.1, 0.15) is 22.9 Å². The number of carbonyl (C=O) groups is 1. The predicted octanol–water partition coefficient (Wildman–Crippen LogP) is 3.99. The minimum absolute atomic E-state index is 0.0770. The van der Waals surface area contributed by atoms with Crippen LogP contribution in [0.25, 0.3) is 0 Å². The van der Waals surface area contributed by atoms with Gasteiger partial charge in [-0.2, -0.15) is 4.72 Å². The highest BCUT2D eigenvalue weighted by molar-refractivity contribution is 9.09. The standard InChI is InChI=1S/C18H19BrClNO4S/c1-3-25-18(22)17(16(19)13-6-8-14(20)9-7-13)21-26(23,24)15-10-4-12(2)5-11-15/h4-11,16-17,21H,3H2,1-2H3/t16-,17-/m1/s1. The molecule has 0 saturated carbocycles. The van der Waals surface area contributed by atoms with Gasteiger partial charge in [-0.1, -0.05) is 57.4 Å². The minimum atomic E-state index is -3.91. The van der Waals surface area contributed by atoms with E-state index < -0.39 is 26.9 Å². The highest BCUT2D eigenvalue weighted by Crippen LogP contribution is 2.29. The highest BCUT2D eigenvalue weighted by Gasteiger charge is 2.33. The SMILES string of the molecule is CCOC(=O)[C@H](NS(=O)(=O)c1ccc(C)cc1)[C@H](Br)c1ccc(Cl)cc1. The summed E-state index contributed by atoms with van der Waals surface area (Å²) in [6, 6.07) is 12.0. The van der Waals surface area contributed by atoms with Gasteiger partial charge in [0.25, 0.3) is 0 Å². The van der Waals surface area contributed by atoms with Gasteiger partial charge in [0.05, 0.1) is 16.3 Å². The molecule has 0 radical (unpaired) electrons. The number of ether oxygens (including phenoxy) is 1. The fourth-order valence-electron chi connectivity index (χ4n) is 2.25. The normalized spacial score (nSPS) is 13.8. The van der Waals surface area contributed by atoms with E-state index in [9.17, 15) is 13.2 Å². The van der Waals surface area contributed by atoms with Crippen molar-refractivity contribution in [2.45, 2.75) is 29.6 Å². The summed E-state index contributed by atoms with van der Waals surface area (Å²) in [6.07, 6.45) is 0. The number of aryl methyl sites for hydroxylation is 1. The highest BCUT2D eigenvalue weighted by atomic mass is 79.9. The molecular weight excluding hydrogens is 442 g/mol.